The van der Waals surface area contributed by atoms with Gasteiger partial charge in [0.1, 0.15) is 5.75 Å². The molecule has 18 heavy (non-hydrogen) atoms. The average Bonchev–Trinajstić information content (AvgIpc) is 2.39. The van der Waals surface area contributed by atoms with Crippen LogP contribution in [0.2, 0.25) is 0 Å². The highest BCUT2D eigenvalue weighted by atomic mass is 16.5. The zero-order valence-corrected chi connectivity index (χ0v) is 10.3. The fourth-order valence-electron chi connectivity index (χ4n) is 1.75. The van der Waals surface area contributed by atoms with Gasteiger partial charge in [-0.25, -0.2) is 4.79 Å². The minimum absolute atomic E-state index is 0.227. The molecule has 0 aliphatic carbocycles. The number of benzene rings is 2. The first-order valence-electron chi connectivity index (χ1n) is 5.59. The van der Waals surface area contributed by atoms with Gasteiger partial charge in [-0.1, -0.05) is 29.8 Å². The van der Waals surface area contributed by atoms with Gasteiger partial charge in [0.2, 0.25) is 0 Å². The fourth-order valence-corrected chi connectivity index (χ4v) is 1.75. The van der Waals surface area contributed by atoms with Crippen LogP contribution in [0.15, 0.2) is 42.5 Å². The van der Waals surface area contributed by atoms with Crippen LogP contribution in [-0.2, 0) is 0 Å². The second-order valence-corrected chi connectivity index (χ2v) is 4.12. The summed E-state index contributed by atoms with van der Waals surface area (Å²) in [7, 11) is 1.53. The maximum absolute atomic E-state index is 11.1. The third-order valence-electron chi connectivity index (χ3n) is 2.77. The van der Waals surface area contributed by atoms with Gasteiger partial charge in [-0.15, -0.1) is 0 Å². The Morgan fingerprint density at radius 3 is 2.28 bits per heavy atom. The molecule has 0 heterocycles. The Balaban J connectivity index is 2.52. The molecule has 1 N–H and O–H groups in total. The largest absolute Gasteiger partial charge is 0.497 e. The number of carboxylic acids is 1. The monoisotopic (exact) mass is 242 g/mol. The zero-order valence-electron chi connectivity index (χ0n) is 10.3. The van der Waals surface area contributed by atoms with Crippen LogP contribution in [0.1, 0.15) is 15.9 Å². The molecule has 0 aromatic heterocycles. The third kappa shape index (κ3) is 2.51. The zero-order chi connectivity index (χ0) is 13.1. The Hall–Kier alpha value is -2.29. The van der Waals surface area contributed by atoms with Gasteiger partial charge in [0.25, 0.3) is 0 Å². The Morgan fingerprint density at radius 1 is 1.06 bits per heavy atom. The van der Waals surface area contributed by atoms with Gasteiger partial charge in [0, 0.05) is 0 Å². The summed E-state index contributed by atoms with van der Waals surface area (Å²) >= 11 is 0. The van der Waals surface area contributed by atoms with E-state index in [0.29, 0.717) is 5.75 Å². The normalized spacial score (nSPS) is 10.1. The highest BCUT2D eigenvalue weighted by Crippen LogP contribution is 2.26. The van der Waals surface area contributed by atoms with Crippen molar-refractivity contribution in [2.24, 2.45) is 0 Å². The van der Waals surface area contributed by atoms with E-state index in [2.05, 4.69) is 0 Å². The van der Waals surface area contributed by atoms with E-state index >= 15 is 0 Å². The highest BCUT2D eigenvalue weighted by Gasteiger charge is 2.08. The number of methoxy groups -OCH3 is 1. The molecule has 0 saturated heterocycles. The molecule has 2 rings (SSSR count). The summed E-state index contributed by atoms with van der Waals surface area (Å²) in [6.07, 6.45) is 0. The molecule has 0 aliphatic heterocycles. The van der Waals surface area contributed by atoms with Crippen LogP contribution in [-0.4, -0.2) is 18.2 Å². The van der Waals surface area contributed by atoms with E-state index in [1.54, 1.807) is 6.07 Å². The lowest BCUT2D eigenvalue weighted by atomic mass is 10.0. The molecule has 0 bridgehead atoms. The summed E-state index contributed by atoms with van der Waals surface area (Å²) in [6.45, 7) is 2.01. The van der Waals surface area contributed by atoms with Crippen molar-refractivity contribution in [3.8, 4) is 16.9 Å². The van der Waals surface area contributed by atoms with E-state index in [9.17, 15) is 4.79 Å². The number of carbonyl (C=O) groups is 1. The molecule has 0 unspecified atom stereocenters. The van der Waals surface area contributed by atoms with E-state index in [4.69, 9.17) is 9.84 Å². The standard InChI is InChI=1S/C15H14O3/c1-10-3-5-11(6-4-10)12-7-13(15(16)17)9-14(8-12)18-2/h3-9H,1-2H3,(H,16,17). The summed E-state index contributed by atoms with van der Waals surface area (Å²) in [5.74, 6) is -0.410. The lowest BCUT2D eigenvalue weighted by Crippen LogP contribution is -1.97. The summed E-state index contributed by atoms with van der Waals surface area (Å²) in [4.78, 5) is 11.1. The molecule has 0 amide bonds. The van der Waals surface area contributed by atoms with Gasteiger partial charge in [-0.2, -0.15) is 0 Å². The predicted molar refractivity (Wildman–Crippen MR) is 70.1 cm³/mol. The van der Waals surface area contributed by atoms with Gasteiger partial charge >= 0.3 is 5.97 Å². The van der Waals surface area contributed by atoms with Crippen molar-refractivity contribution >= 4 is 5.97 Å². The summed E-state index contributed by atoms with van der Waals surface area (Å²) in [5.41, 5.74) is 3.21. The Morgan fingerprint density at radius 2 is 1.72 bits per heavy atom. The van der Waals surface area contributed by atoms with Crippen LogP contribution < -0.4 is 4.74 Å². The maximum atomic E-state index is 11.1. The van der Waals surface area contributed by atoms with Crippen molar-refractivity contribution in [3.05, 3.63) is 53.6 Å². The molecule has 3 nitrogen and oxygen atoms in total. The van der Waals surface area contributed by atoms with Crippen LogP contribution in [0.5, 0.6) is 5.75 Å². The molecule has 0 atom stereocenters. The first kappa shape index (κ1) is 12.2. The molecular weight excluding hydrogens is 228 g/mol. The lowest BCUT2D eigenvalue weighted by molar-refractivity contribution is 0.0696. The van der Waals surface area contributed by atoms with Crippen molar-refractivity contribution in [3.63, 3.8) is 0 Å². The topological polar surface area (TPSA) is 46.5 Å². The molecule has 92 valence electrons. The van der Waals surface area contributed by atoms with Crippen molar-refractivity contribution in [2.75, 3.05) is 7.11 Å². The number of hydrogen-bond donors (Lipinski definition) is 1. The number of aryl methyl sites for hydroxylation is 1. The van der Waals surface area contributed by atoms with E-state index < -0.39 is 5.97 Å². The van der Waals surface area contributed by atoms with Gasteiger partial charge in [0.15, 0.2) is 0 Å². The Bertz CT molecular complexity index is 571. The molecule has 2 aromatic carbocycles. The van der Waals surface area contributed by atoms with Crippen molar-refractivity contribution in [1.29, 1.82) is 0 Å². The molecule has 0 spiro atoms. The van der Waals surface area contributed by atoms with Crippen LogP contribution in [0.25, 0.3) is 11.1 Å². The van der Waals surface area contributed by atoms with E-state index in [1.165, 1.54) is 18.7 Å². The van der Waals surface area contributed by atoms with Crippen molar-refractivity contribution in [1.82, 2.24) is 0 Å². The SMILES string of the molecule is COc1cc(C(=O)O)cc(-c2ccc(C)cc2)c1. The van der Waals surface area contributed by atoms with Gasteiger partial charge in [0.05, 0.1) is 12.7 Å². The smallest absolute Gasteiger partial charge is 0.335 e. The fraction of sp³-hybridized carbons (Fsp3) is 0.133. The van der Waals surface area contributed by atoms with E-state index in [-0.39, 0.29) is 5.56 Å². The summed E-state index contributed by atoms with van der Waals surface area (Å²) in [5, 5.41) is 9.06. The van der Waals surface area contributed by atoms with Crippen LogP contribution in [0.3, 0.4) is 0 Å². The minimum Gasteiger partial charge on any atom is -0.497 e. The maximum Gasteiger partial charge on any atom is 0.335 e. The number of ether oxygens (including phenoxy) is 1. The predicted octanol–water partition coefficient (Wildman–Crippen LogP) is 3.37. The van der Waals surface area contributed by atoms with Crippen LogP contribution in [0, 0.1) is 6.92 Å². The van der Waals surface area contributed by atoms with Gasteiger partial charge < -0.3 is 9.84 Å². The summed E-state index contributed by atoms with van der Waals surface area (Å²) in [6, 6.07) is 12.9. The number of carboxylic acid groups (broad SMARTS) is 1. The molecule has 0 saturated carbocycles. The van der Waals surface area contributed by atoms with Gasteiger partial charge in [-0.05, 0) is 36.2 Å². The summed E-state index contributed by atoms with van der Waals surface area (Å²) < 4.78 is 5.13. The van der Waals surface area contributed by atoms with E-state index in [0.717, 1.165) is 11.1 Å². The minimum atomic E-state index is -0.956. The average molecular weight is 242 g/mol. The molecule has 0 radical (unpaired) electrons. The molecule has 0 aliphatic rings. The highest BCUT2D eigenvalue weighted by molar-refractivity contribution is 5.90. The van der Waals surface area contributed by atoms with Gasteiger partial charge in [-0.3, -0.25) is 0 Å². The number of aromatic carboxylic acids is 1. The Labute approximate surface area is 106 Å². The van der Waals surface area contributed by atoms with Crippen molar-refractivity contribution in [2.45, 2.75) is 6.92 Å². The second-order valence-electron chi connectivity index (χ2n) is 4.12. The molecule has 3 heteroatoms. The number of hydrogen-bond acceptors (Lipinski definition) is 2. The van der Waals surface area contributed by atoms with Crippen molar-refractivity contribution < 1.29 is 14.6 Å². The molecule has 0 fully saturated rings. The lowest BCUT2D eigenvalue weighted by Gasteiger charge is -2.07. The molecular formula is C15H14O3. The van der Waals surface area contributed by atoms with Crippen LogP contribution in [0.4, 0.5) is 0 Å². The first-order valence-corrected chi connectivity index (χ1v) is 5.59. The van der Waals surface area contributed by atoms with Crippen LogP contribution >= 0.6 is 0 Å². The first-order chi connectivity index (χ1) is 8.60. The number of rotatable bonds is 3. The quantitative estimate of drug-likeness (QED) is 0.897. The Kier molecular flexibility index (Phi) is 3.33. The second kappa shape index (κ2) is 4.92. The third-order valence-corrected chi connectivity index (χ3v) is 2.77. The van der Waals surface area contributed by atoms with E-state index in [1.807, 2.05) is 37.3 Å². The molecule has 2 aromatic rings.